The molecule has 0 atom stereocenters. The number of carboxylic acid groups (broad SMARTS) is 1. The second-order valence-electron chi connectivity index (χ2n) is 4.16. The number of rotatable bonds is 8. The second-order valence-corrected chi connectivity index (χ2v) is 4.16. The predicted octanol–water partition coefficient (Wildman–Crippen LogP) is 1.49. The summed E-state index contributed by atoms with van der Waals surface area (Å²) in [5, 5.41) is 11.7. The van der Waals surface area contributed by atoms with Crippen LogP contribution in [0.4, 0.5) is 5.69 Å². The molecule has 0 heterocycles. The number of carbonyl (C=O) groups excluding carboxylic acids is 1. The lowest BCUT2D eigenvalue weighted by atomic mass is 10.2. The molecule has 2 N–H and O–H groups in total. The van der Waals surface area contributed by atoms with Crippen LogP contribution in [0.25, 0.3) is 0 Å². The predicted molar refractivity (Wildman–Crippen MR) is 74.2 cm³/mol. The van der Waals surface area contributed by atoms with E-state index in [0.717, 1.165) is 12.2 Å². The van der Waals surface area contributed by atoms with Crippen LogP contribution >= 0.6 is 0 Å². The number of carboxylic acids is 1. The summed E-state index contributed by atoms with van der Waals surface area (Å²) in [7, 11) is 0. The molecule has 0 aromatic heterocycles. The zero-order valence-corrected chi connectivity index (χ0v) is 11.1. The van der Waals surface area contributed by atoms with E-state index in [0.29, 0.717) is 13.0 Å². The highest BCUT2D eigenvalue weighted by Gasteiger charge is 2.14. The van der Waals surface area contributed by atoms with Crippen LogP contribution in [-0.4, -0.2) is 36.6 Å². The molecule has 0 aliphatic rings. The first-order valence-electron chi connectivity index (χ1n) is 6.43. The molecule has 5 nitrogen and oxygen atoms in total. The number of para-hydroxylation sites is 1. The molecule has 0 fully saturated rings. The molecule has 104 valence electrons. The maximum atomic E-state index is 12.1. The molecule has 0 unspecified atom stereocenters. The molecular formula is C14H20N2O3. The van der Waals surface area contributed by atoms with Gasteiger partial charge < -0.3 is 15.3 Å². The number of amides is 1. The summed E-state index contributed by atoms with van der Waals surface area (Å²) in [4.78, 5) is 24.3. The Morgan fingerprint density at radius 2 is 1.95 bits per heavy atom. The van der Waals surface area contributed by atoms with Gasteiger partial charge >= 0.3 is 5.97 Å². The van der Waals surface area contributed by atoms with Crippen LogP contribution in [0.15, 0.2) is 30.3 Å². The Morgan fingerprint density at radius 1 is 1.26 bits per heavy atom. The zero-order valence-electron chi connectivity index (χ0n) is 11.1. The molecule has 1 aromatic rings. The molecule has 5 heteroatoms. The Balaban J connectivity index is 2.67. The highest BCUT2D eigenvalue weighted by atomic mass is 16.4. The van der Waals surface area contributed by atoms with Gasteiger partial charge in [0.1, 0.15) is 0 Å². The second kappa shape index (κ2) is 8.26. The summed E-state index contributed by atoms with van der Waals surface area (Å²) in [6.45, 7) is 3.34. The molecule has 0 aliphatic heterocycles. The van der Waals surface area contributed by atoms with E-state index in [9.17, 15) is 9.59 Å². The lowest BCUT2D eigenvalue weighted by Crippen LogP contribution is -2.39. The van der Waals surface area contributed by atoms with Crippen molar-refractivity contribution in [2.75, 3.05) is 24.5 Å². The van der Waals surface area contributed by atoms with Crippen molar-refractivity contribution in [2.45, 2.75) is 19.8 Å². The van der Waals surface area contributed by atoms with Gasteiger partial charge in [0.25, 0.3) is 0 Å². The van der Waals surface area contributed by atoms with E-state index in [1.807, 2.05) is 37.3 Å². The van der Waals surface area contributed by atoms with E-state index in [2.05, 4.69) is 5.32 Å². The largest absolute Gasteiger partial charge is 0.481 e. The van der Waals surface area contributed by atoms with Gasteiger partial charge in [0.05, 0.1) is 6.54 Å². The maximum absolute atomic E-state index is 12.1. The average Bonchev–Trinajstić information content (AvgIpc) is 2.41. The normalized spacial score (nSPS) is 10.2. The molecule has 1 amide bonds. The van der Waals surface area contributed by atoms with E-state index in [-0.39, 0.29) is 18.9 Å². The highest BCUT2D eigenvalue weighted by Crippen LogP contribution is 2.14. The molecule has 1 rings (SSSR count). The fourth-order valence-electron chi connectivity index (χ4n) is 1.72. The molecule has 0 saturated heterocycles. The summed E-state index contributed by atoms with van der Waals surface area (Å²) in [6.07, 6.45) is 0.514. The molecule has 19 heavy (non-hydrogen) atoms. The first-order chi connectivity index (χ1) is 9.15. The summed E-state index contributed by atoms with van der Waals surface area (Å²) >= 11 is 0. The Kier molecular flexibility index (Phi) is 6.60. The van der Waals surface area contributed by atoms with Crippen LogP contribution in [0, 0.1) is 0 Å². The van der Waals surface area contributed by atoms with Crippen LogP contribution in [-0.2, 0) is 9.59 Å². The van der Waals surface area contributed by atoms with Crippen molar-refractivity contribution in [3.63, 3.8) is 0 Å². The third-order valence-electron chi connectivity index (χ3n) is 2.67. The molecule has 0 spiro atoms. The summed E-state index contributed by atoms with van der Waals surface area (Å²) < 4.78 is 0. The smallest absolute Gasteiger partial charge is 0.303 e. The monoisotopic (exact) mass is 264 g/mol. The number of nitrogens with one attached hydrogen (secondary N) is 1. The lowest BCUT2D eigenvalue weighted by molar-refractivity contribution is -0.137. The number of anilines is 1. The van der Waals surface area contributed by atoms with Crippen molar-refractivity contribution in [1.82, 2.24) is 5.32 Å². The van der Waals surface area contributed by atoms with Gasteiger partial charge in [-0.2, -0.15) is 0 Å². The third kappa shape index (κ3) is 5.52. The number of benzene rings is 1. The summed E-state index contributed by atoms with van der Waals surface area (Å²) in [5.41, 5.74) is 0.802. The molecule has 1 aromatic carbocycles. The maximum Gasteiger partial charge on any atom is 0.303 e. The van der Waals surface area contributed by atoms with E-state index >= 15 is 0 Å². The lowest BCUT2D eigenvalue weighted by Gasteiger charge is -2.22. The molecule has 0 saturated carbocycles. The minimum absolute atomic E-state index is 0.0431. The van der Waals surface area contributed by atoms with Crippen LogP contribution < -0.4 is 10.2 Å². The molecule has 0 aliphatic carbocycles. The zero-order chi connectivity index (χ0) is 14.1. The van der Waals surface area contributed by atoms with Crippen LogP contribution in [0.3, 0.4) is 0 Å². The van der Waals surface area contributed by atoms with Gasteiger partial charge in [-0.05, 0) is 25.1 Å². The fraction of sp³-hybridized carbons (Fsp3) is 0.429. The van der Waals surface area contributed by atoms with Gasteiger partial charge in [0.15, 0.2) is 0 Å². The Bertz CT molecular complexity index is 406. The van der Waals surface area contributed by atoms with Crippen molar-refractivity contribution >= 4 is 17.6 Å². The van der Waals surface area contributed by atoms with Gasteiger partial charge in [-0.3, -0.25) is 9.59 Å². The first-order valence-corrected chi connectivity index (χ1v) is 6.43. The van der Waals surface area contributed by atoms with Gasteiger partial charge in [-0.1, -0.05) is 25.1 Å². The minimum atomic E-state index is -0.841. The van der Waals surface area contributed by atoms with Crippen LogP contribution in [0.2, 0.25) is 0 Å². The standard InChI is InChI=1S/C14H20N2O3/c1-2-15-11-13(17)16(10-6-9-14(18)19)12-7-4-3-5-8-12/h3-5,7-8,15H,2,6,9-11H2,1H3,(H,18,19). The van der Waals surface area contributed by atoms with E-state index in [1.54, 1.807) is 4.90 Å². The highest BCUT2D eigenvalue weighted by molar-refractivity contribution is 5.94. The van der Waals surface area contributed by atoms with E-state index < -0.39 is 5.97 Å². The number of nitrogens with zero attached hydrogens (tertiary/aromatic N) is 1. The van der Waals surface area contributed by atoms with Gasteiger partial charge in [0, 0.05) is 18.7 Å². The average molecular weight is 264 g/mol. The van der Waals surface area contributed by atoms with E-state index in [4.69, 9.17) is 5.11 Å². The SMILES string of the molecule is CCNCC(=O)N(CCCC(=O)O)c1ccccc1. The number of aliphatic carboxylic acids is 1. The molecular weight excluding hydrogens is 244 g/mol. The third-order valence-corrected chi connectivity index (χ3v) is 2.67. The molecule has 0 radical (unpaired) electrons. The Morgan fingerprint density at radius 3 is 2.53 bits per heavy atom. The number of hydrogen-bond donors (Lipinski definition) is 2. The topological polar surface area (TPSA) is 69.6 Å². The number of likely N-dealkylation sites (N-methyl/N-ethyl adjacent to an activating group) is 1. The van der Waals surface area contributed by atoms with Crippen LogP contribution in [0.5, 0.6) is 0 Å². The van der Waals surface area contributed by atoms with Gasteiger partial charge in [0.2, 0.25) is 5.91 Å². The van der Waals surface area contributed by atoms with Crippen molar-refractivity contribution in [1.29, 1.82) is 0 Å². The Labute approximate surface area is 113 Å². The number of carbonyl (C=O) groups is 2. The van der Waals surface area contributed by atoms with Crippen LogP contribution in [0.1, 0.15) is 19.8 Å². The number of hydrogen-bond acceptors (Lipinski definition) is 3. The van der Waals surface area contributed by atoms with Crippen molar-refractivity contribution < 1.29 is 14.7 Å². The van der Waals surface area contributed by atoms with Gasteiger partial charge in [-0.15, -0.1) is 0 Å². The minimum Gasteiger partial charge on any atom is -0.481 e. The first kappa shape index (κ1) is 15.2. The molecule has 0 bridgehead atoms. The quantitative estimate of drug-likeness (QED) is 0.746. The fourth-order valence-corrected chi connectivity index (χ4v) is 1.72. The summed E-state index contributed by atoms with van der Waals surface area (Å²) in [5.74, 6) is -0.884. The van der Waals surface area contributed by atoms with Crippen molar-refractivity contribution in [2.24, 2.45) is 0 Å². The Hall–Kier alpha value is -1.88. The van der Waals surface area contributed by atoms with E-state index in [1.165, 1.54) is 0 Å². The van der Waals surface area contributed by atoms with Crippen molar-refractivity contribution in [3.05, 3.63) is 30.3 Å². The van der Waals surface area contributed by atoms with Gasteiger partial charge in [-0.25, -0.2) is 0 Å². The summed E-state index contributed by atoms with van der Waals surface area (Å²) in [6, 6.07) is 9.31. The van der Waals surface area contributed by atoms with Crippen molar-refractivity contribution in [3.8, 4) is 0 Å².